The zero-order valence-corrected chi connectivity index (χ0v) is 20.3. The molecule has 1 aromatic carbocycles. The molecule has 178 valence electrons. The fourth-order valence-electron chi connectivity index (χ4n) is 3.20. The van der Waals surface area contributed by atoms with Crippen LogP contribution < -0.4 is 15.4 Å². The third kappa shape index (κ3) is 6.14. The molecular weight excluding hydrogens is 436 g/mol. The summed E-state index contributed by atoms with van der Waals surface area (Å²) < 4.78 is 20.8. The minimum atomic E-state index is -1.90. The Morgan fingerprint density at radius 2 is 1.75 bits per heavy atom. The van der Waals surface area contributed by atoms with Gasteiger partial charge < -0.3 is 24.3 Å². The topological polar surface area (TPSA) is 112 Å². The third-order valence-electron chi connectivity index (χ3n) is 4.70. The molecule has 9 nitrogen and oxygen atoms in total. The van der Waals surface area contributed by atoms with E-state index in [1.54, 1.807) is 45.0 Å². The van der Waals surface area contributed by atoms with Crippen molar-refractivity contribution in [3.8, 4) is 5.75 Å². The van der Waals surface area contributed by atoms with Gasteiger partial charge in [-0.25, -0.2) is 4.79 Å². The highest BCUT2D eigenvalue weighted by atomic mass is 32.2. The Labute approximate surface area is 192 Å². The number of hydrogen-bond acceptors (Lipinski definition) is 9. The summed E-state index contributed by atoms with van der Waals surface area (Å²) in [6.07, 6.45) is 0. The summed E-state index contributed by atoms with van der Waals surface area (Å²) in [5, 5.41) is 4.85. The number of amides is 1. The van der Waals surface area contributed by atoms with E-state index in [4.69, 9.17) is 18.9 Å². The van der Waals surface area contributed by atoms with Gasteiger partial charge in [0.2, 0.25) is 0 Å². The molecule has 1 aliphatic heterocycles. The quantitative estimate of drug-likeness (QED) is 0.436. The van der Waals surface area contributed by atoms with Crippen molar-refractivity contribution in [3.63, 3.8) is 0 Å². The molecule has 0 aromatic heterocycles. The fraction of sp³-hybridized carbons (Fsp3) is 0.591. The van der Waals surface area contributed by atoms with Crippen LogP contribution in [0.2, 0.25) is 0 Å². The molecular formula is C22H32N2O7S. The van der Waals surface area contributed by atoms with Gasteiger partial charge >= 0.3 is 11.9 Å². The number of para-hydroxylation sites is 1. The molecule has 10 heteroatoms. The molecule has 3 unspecified atom stereocenters. The molecule has 1 aromatic rings. The zero-order valence-electron chi connectivity index (χ0n) is 19.5. The Morgan fingerprint density at radius 1 is 1.12 bits per heavy atom. The Morgan fingerprint density at radius 3 is 2.28 bits per heavy atom. The van der Waals surface area contributed by atoms with Crippen LogP contribution in [0.25, 0.3) is 0 Å². The lowest BCUT2D eigenvalue weighted by Crippen LogP contribution is -2.66. The first-order valence-corrected chi connectivity index (χ1v) is 11.0. The number of carbonyl (C=O) groups excluding carboxylic acids is 3. The Kier molecular flexibility index (Phi) is 8.19. The highest BCUT2D eigenvalue weighted by Gasteiger charge is 2.59. The van der Waals surface area contributed by atoms with Crippen molar-refractivity contribution >= 4 is 29.6 Å². The van der Waals surface area contributed by atoms with Crippen molar-refractivity contribution in [2.24, 2.45) is 0 Å². The third-order valence-corrected chi connectivity index (χ3v) is 6.24. The van der Waals surface area contributed by atoms with Gasteiger partial charge in [0.05, 0.1) is 7.11 Å². The molecule has 3 atom stereocenters. The number of hydrogen-bond donors (Lipinski definition) is 2. The van der Waals surface area contributed by atoms with Crippen molar-refractivity contribution in [1.82, 2.24) is 10.6 Å². The molecule has 0 radical (unpaired) electrons. The molecule has 0 bridgehead atoms. The molecule has 1 heterocycles. The number of carbonyl (C=O) groups is 3. The number of ether oxygens (including phenoxy) is 4. The number of rotatable bonds is 8. The van der Waals surface area contributed by atoms with E-state index in [1.165, 1.54) is 26.0 Å². The Balaban J connectivity index is 2.23. The van der Waals surface area contributed by atoms with E-state index in [2.05, 4.69) is 10.6 Å². The molecule has 0 saturated carbocycles. The SMILES string of the molecule is COC(=O)C(NC(=O)COc1ccccc1)(OC)C1NC(C(=O)OC(C)(C)C)C(C)(C)S1. The molecule has 0 aliphatic carbocycles. The van der Waals surface area contributed by atoms with E-state index in [1.807, 2.05) is 19.9 Å². The van der Waals surface area contributed by atoms with E-state index >= 15 is 0 Å². The number of nitrogens with one attached hydrogen (secondary N) is 2. The molecule has 1 amide bonds. The van der Waals surface area contributed by atoms with Gasteiger partial charge in [0, 0.05) is 11.9 Å². The van der Waals surface area contributed by atoms with Gasteiger partial charge in [0.15, 0.2) is 6.61 Å². The van der Waals surface area contributed by atoms with Crippen LogP contribution in [0.1, 0.15) is 34.6 Å². The van der Waals surface area contributed by atoms with Crippen molar-refractivity contribution in [3.05, 3.63) is 30.3 Å². The lowest BCUT2D eigenvalue weighted by Gasteiger charge is -2.35. The summed E-state index contributed by atoms with van der Waals surface area (Å²) in [5.41, 5.74) is -2.58. The van der Waals surface area contributed by atoms with Crippen LogP contribution in [0.3, 0.4) is 0 Å². The van der Waals surface area contributed by atoms with Gasteiger partial charge in [0.1, 0.15) is 22.8 Å². The molecule has 2 rings (SSSR count). The Hall–Kier alpha value is -2.30. The maximum Gasteiger partial charge on any atom is 0.362 e. The summed E-state index contributed by atoms with van der Waals surface area (Å²) in [7, 11) is 2.48. The van der Waals surface area contributed by atoms with Gasteiger partial charge in [0.25, 0.3) is 11.6 Å². The smallest absolute Gasteiger partial charge is 0.362 e. The number of esters is 2. The predicted molar refractivity (Wildman–Crippen MR) is 120 cm³/mol. The first-order chi connectivity index (χ1) is 14.8. The lowest BCUT2D eigenvalue weighted by atomic mass is 10.0. The van der Waals surface area contributed by atoms with E-state index in [-0.39, 0.29) is 6.61 Å². The highest BCUT2D eigenvalue weighted by Crippen LogP contribution is 2.43. The summed E-state index contributed by atoms with van der Waals surface area (Å²) >= 11 is 1.27. The van der Waals surface area contributed by atoms with E-state index in [9.17, 15) is 14.4 Å². The van der Waals surface area contributed by atoms with E-state index in [0.29, 0.717) is 5.75 Å². The first-order valence-electron chi connectivity index (χ1n) is 10.1. The van der Waals surface area contributed by atoms with Gasteiger partial charge in [-0.1, -0.05) is 18.2 Å². The van der Waals surface area contributed by atoms with E-state index < -0.39 is 45.3 Å². The second-order valence-corrected chi connectivity index (χ2v) is 10.6. The summed E-state index contributed by atoms with van der Waals surface area (Å²) in [6.45, 7) is 8.67. The standard InChI is InChI=1S/C22H32N2O7S/c1-20(2,3)31-17(26)16-21(4,5)32-18(23-16)22(29-7,19(27)28-6)24-15(25)13-30-14-11-9-8-10-12-14/h8-12,16,18,23H,13H2,1-7H3,(H,24,25). The van der Waals surface area contributed by atoms with Crippen LogP contribution in [0.15, 0.2) is 30.3 Å². The molecule has 0 spiro atoms. The Bertz CT molecular complexity index is 825. The molecule has 2 N–H and O–H groups in total. The van der Waals surface area contributed by atoms with Crippen LogP contribution in [0, 0.1) is 0 Å². The number of methoxy groups -OCH3 is 2. The maximum atomic E-state index is 12.8. The second kappa shape index (κ2) is 10.1. The number of thioether (sulfide) groups is 1. The van der Waals surface area contributed by atoms with Gasteiger partial charge in [-0.3, -0.25) is 14.9 Å². The van der Waals surface area contributed by atoms with E-state index in [0.717, 1.165) is 0 Å². The molecule has 1 aliphatic rings. The highest BCUT2D eigenvalue weighted by molar-refractivity contribution is 8.01. The largest absolute Gasteiger partial charge is 0.484 e. The van der Waals surface area contributed by atoms with Crippen molar-refractivity contribution < 1.29 is 33.3 Å². The predicted octanol–water partition coefficient (Wildman–Crippen LogP) is 1.85. The first kappa shape index (κ1) is 26.0. The molecule has 1 saturated heterocycles. The van der Waals surface area contributed by atoms with Crippen LogP contribution in [0.5, 0.6) is 5.75 Å². The zero-order chi connectivity index (χ0) is 24.2. The average Bonchev–Trinajstić information content (AvgIpc) is 3.05. The van der Waals surface area contributed by atoms with Crippen molar-refractivity contribution in [2.45, 2.75) is 62.1 Å². The van der Waals surface area contributed by atoms with Crippen molar-refractivity contribution in [2.75, 3.05) is 20.8 Å². The van der Waals surface area contributed by atoms with Crippen LogP contribution >= 0.6 is 11.8 Å². The fourth-order valence-corrected chi connectivity index (χ4v) is 4.73. The van der Waals surface area contributed by atoms with Gasteiger partial charge in [-0.15, -0.1) is 11.8 Å². The monoisotopic (exact) mass is 468 g/mol. The lowest BCUT2D eigenvalue weighted by molar-refractivity contribution is -0.175. The normalized spacial score (nSPS) is 21.8. The molecule has 32 heavy (non-hydrogen) atoms. The molecule has 1 fully saturated rings. The minimum absolute atomic E-state index is 0.345. The summed E-state index contributed by atoms with van der Waals surface area (Å²) in [6, 6.07) is 8.04. The van der Waals surface area contributed by atoms with Gasteiger partial charge in [-0.05, 0) is 46.8 Å². The second-order valence-electron chi connectivity index (χ2n) is 8.82. The maximum absolute atomic E-state index is 12.8. The van der Waals surface area contributed by atoms with Crippen LogP contribution in [-0.4, -0.2) is 66.2 Å². The summed E-state index contributed by atoms with van der Waals surface area (Å²) in [4.78, 5) is 38.3. The van der Waals surface area contributed by atoms with Crippen LogP contribution in [-0.2, 0) is 28.6 Å². The van der Waals surface area contributed by atoms with Crippen LogP contribution in [0.4, 0.5) is 0 Å². The number of benzene rings is 1. The summed E-state index contributed by atoms with van der Waals surface area (Å²) in [5.74, 6) is -1.38. The minimum Gasteiger partial charge on any atom is -0.484 e. The van der Waals surface area contributed by atoms with Gasteiger partial charge in [-0.2, -0.15) is 0 Å². The average molecular weight is 469 g/mol. The van der Waals surface area contributed by atoms with Crippen molar-refractivity contribution in [1.29, 1.82) is 0 Å².